The maximum absolute atomic E-state index is 12.8. The molecule has 3 rings (SSSR count). The number of nitriles is 1. The van der Waals surface area contributed by atoms with E-state index >= 15 is 0 Å². The van der Waals surface area contributed by atoms with Gasteiger partial charge in [-0.15, -0.1) is 0 Å². The van der Waals surface area contributed by atoms with E-state index in [-0.39, 0.29) is 27.7 Å². The summed E-state index contributed by atoms with van der Waals surface area (Å²) in [6.45, 7) is 3.20. The van der Waals surface area contributed by atoms with Gasteiger partial charge in [-0.1, -0.05) is 0 Å². The fraction of sp³-hybridized carbons (Fsp3) is 0.100. The van der Waals surface area contributed by atoms with Gasteiger partial charge in [0.15, 0.2) is 0 Å². The highest BCUT2D eigenvalue weighted by Gasteiger charge is 2.22. The van der Waals surface area contributed by atoms with Gasteiger partial charge >= 0.3 is 0 Å². The first-order valence-electron chi connectivity index (χ1n) is 8.63. The van der Waals surface area contributed by atoms with Gasteiger partial charge in [-0.2, -0.15) is 5.26 Å². The standard InChI is InChI=1S/C20H16N4O5S/c1-13-10-17(24(25)26)11-19(14(13)2)30(27,28)23-16-5-7-18(8-6-16)29-20-15(12-21)4-3-9-22-20/h3-11,23H,1-2H3. The average Bonchev–Trinajstić information content (AvgIpc) is 2.71. The van der Waals surface area contributed by atoms with Crippen LogP contribution in [0.25, 0.3) is 0 Å². The van der Waals surface area contributed by atoms with Crippen molar-refractivity contribution in [1.29, 1.82) is 5.26 Å². The number of rotatable bonds is 6. The number of nitro benzene ring substituents is 1. The van der Waals surface area contributed by atoms with Crippen LogP contribution in [0.3, 0.4) is 0 Å². The van der Waals surface area contributed by atoms with E-state index < -0.39 is 14.9 Å². The fourth-order valence-corrected chi connectivity index (χ4v) is 4.06. The summed E-state index contributed by atoms with van der Waals surface area (Å²) >= 11 is 0. The maximum atomic E-state index is 12.8. The van der Waals surface area contributed by atoms with Crippen LogP contribution in [0.2, 0.25) is 0 Å². The van der Waals surface area contributed by atoms with Gasteiger partial charge in [0.1, 0.15) is 17.4 Å². The second kappa shape index (κ2) is 8.18. The molecule has 1 N–H and O–H groups in total. The normalized spacial score (nSPS) is 10.8. The fourth-order valence-electron chi connectivity index (χ4n) is 2.66. The molecule has 0 spiro atoms. The van der Waals surface area contributed by atoms with E-state index in [0.29, 0.717) is 16.9 Å². The van der Waals surface area contributed by atoms with Gasteiger partial charge in [-0.25, -0.2) is 13.4 Å². The molecular weight excluding hydrogens is 408 g/mol. The Hall–Kier alpha value is -3.97. The molecule has 3 aromatic rings. The summed E-state index contributed by atoms with van der Waals surface area (Å²) in [5.41, 5.74) is 1.13. The number of benzene rings is 2. The molecule has 0 radical (unpaired) electrons. The van der Waals surface area contributed by atoms with Crippen molar-refractivity contribution in [2.24, 2.45) is 0 Å². The molecule has 1 heterocycles. The smallest absolute Gasteiger partial charge is 0.271 e. The molecule has 0 saturated heterocycles. The van der Waals surface area contributed by atoms with Crippen LogP contribution in [0, 0.1) is 35.3 Å². The number of pyridine rings is 1. The van der Waals surface area contributed by atoms with Crippen LogP contribution >= 0.6 is 0 Å². The summed E-state index contributed by atoms with van der Waals surface area (Å²) in [6.07, 6.45) is 1.49. The third kappa shape index (κ3) is 4.37. The number of ether oxygens (including phenoxy) is 1. The van der Waals surface area contributed by atoms with E-state index in [1.165, 1.54) is 36.5 Å². The van der Waals surface area contributed by atoms with Gasteiger partial charge in [-0.3, -0.25) is 14.8 Å². The summed E-state index contributed by atoms with van der Waals surface area (Å²) in [4.78, 5) is 14.3. The van der Waals surface area contributed by atoms with E-state index in [1.54, 1.807) is 26.0 Å². The minimum absolute atomic E-state index is 0.135. The van der Waals surface area contributed by atoms with Crippen LogP contribution in [-0.2, 0) is 10.0 Å². The Balaban J connectivity index is 1.85. The Morgan fingerprint density at radius 1 is 1.17 bits per heavy atom. The molecule has 0 aliphatic carbocycles. The molecule has 0 aliphatic heterocycles. The molecular formula is C20H16N4O5S. The third-order valence-electron chi connectivity index (χ3n) is 4.32. The molecule has 0 aliphatic rings. The van der Waals surface area contributed by atoms with Crippen molar-refractivity contribution < 1.29 is 18.1 Å². The molecule has 9 nitrogen and oxygen atoms in total. The van der Waals surface area contributed by atoms with Crippen LogP contribution in [-0.4, -0.2) is 18.3 Å². The lowest BCUT2D eigenvalue weighted by atomic mass is 10.1. The van der Waals surface area contributed by atoms with Gasteiger partial charge in [0.05, 0.1) is 9.82 Å². The maximum Gasteiger partial charge on any atom is 0.271 e. The molecule has 0 atom stereocenters. The van der Waals surface area contributed by atoms with Crippen LogP contribution in [0.15, 0.2) is 59.6 Å². The van der Waals surface area contributed by atoms with Crippen molar-refractivity contribution in [3.8, 4) is 17.7 Å². The van der Waals surface area contributed by atoms with Crippen LogP contribution < -0.4 is 9.46 Å². The van der Waals surface area contributed by atoms with Gasteiger partial charge in [0, 0.05) is 24.0 Å². The molecule has 30 heavy (non-hydrogen) atoms. The second-order valence-electron chi connectivity index (χ2n) is 6.34. The molecule has 0 unspecified atom stereocenters. The number of nitrogens with one attached hydrogen (secondary N) is 1. The Labute approximate surface area is 172 Å². The lowest BCUT2D eigenvalue weighted by Crippen LogP contribution is -2.15. The largest absolute Gasteiger partial charge is 0.438 e. The Morgan fingerprint density at radius 3 is 2.50 bits per heavy atom. The lowest BCUT2D eigenvalue weighted by Gasteiger charge is -2.12. The number of hydrogen-bond donors (Lipinski definition) is 1. The van der Waals surface area contributed by atoms with Crippen molar-refractivity contribution in [1.82, 2.24) is 4.98 Å². The molecule has 152 valence electrons. The van der Waals surface area contributed by atoms with Crippen LogP contribution in [0.5, 0.6) is 11.6 Å². The predicted octanol–water partition coefficient (Wildman–Crippen LogP) is 4.07. The molecule has 0 saturated carbocycles. The summed E-state index contributed by atoms with van der Waals surface area (Å²) in [7, 11) is -4.06. The summed E-state index contributed by atoms with van der Waals surface area (Å²) in [5, 5.41) is 20.2. The highest BCUT2D eigenvalue weighted by Crippen LogP contribution is 2.28. The number of aryl methyl sites for hydroxylation is 1. The summed E-state index contributed by atoms with van der Waals surface area (Å²) in [5.74, 6) is 0.492. The SMILES string of the molecule is Cc1cc([N+](=O)[O-])cc(S(=O)(=O)Nc2ccc(Oc3ncccc3C#N)cc2)c1C. The third-order valence-corrected chi connectivity index (χ3v) is 5.82. The number of hydrogen-bond acceptors (Lipinski definition) is 7. The summed E-state index contributed by atoms with van der Waals surface area (Å²) in [6, 6.07) is 13.5. The van der Waals surface area contributed by atoms with Crippen molar-refractivity contribution in [3.63, 3.8) is 0 Å². The minimum atomic E-state index is -4.06. The number of non-ortho nitro benzene ring substituents is 1. The Morgan fingerprint density at radius 2 is 1.87 bits per heavy atom. The topological polar surface area (TPSA) is 135 Å². The molecule has 10 heteroatoms. The highest BCUT2D eigenvalue weighted by atomic mass is 32.2. The molecule has 2 aromatic carbocycles. The van der Waals surface area contributed by atoms with E-state index in [9.17, 15) is 18.5 Å². The Bertz CT molecular complexity index is 1270. The quantitative estimate of drug-likeness (QED) is 0.465. The van der Waals surface area contributed by atoms with E-state index in [4.69, 9.17) is 10.00 Å². The monoisotopic (exact) mass is 424 g/mol. The van der Waals surface area contributed by atoms with E-state index in [2.05, 4.69) is 9.71 Å². The van der Waals surface area contributed by atoms with Crippen molar-refractivity contribution in [2.75, 3.05) is 4.72 Å². The van der Waals surface area contributed by atoms with Crippen LogP contribution in [0.1, 0.15) is 16.7 Å². The highest BCUT2D eigenvalue weighted by molar-refractivity contribution is 7.92. The average molecular weight is 424 g/mol. The number of sulfonamides is 1. The van der Waals surface area contributed by atoms with Crippen molar-refractivity contribution >= 4 is 21.4 Å². The van der Waals surface area contributed by atoms with Crippen molar-refractivity contribution in [3.05, 3.63) is 81.5 Å². The Kier molecular flexibility index (Phi) is 5.66. The predicted molar refractivity (Wildman–Crippen MR) is 109 cm³/mol. The molecule has 0 amide bonds. The van der Waals surface area contributed by atoms with Crippen molar-refractivity contribution in [2.45, 2.75) is 18.7 Å². The molecule has 1 aromatic heterocycles. The number of nitrogens with zero attached hydrogens (tertiary/aromatic N) is 3. The second-order valence-corrected chi connectivity index (χ2v) is 7.99. The molecule has 0 bridgehead atoms. The first kappa shape index (κ1) is 20.8. The lowest BCUT2D eigenvalue weighted by molar-refractivity contribution is -0.385. The molecule has 0 fully saturated rings. The number of aromatic nitrogens is 1. The van der Waals surface area contributed by atoms with Gasteiger partial charge in [0.25, 0.3) is 15.7 Å². The van der Waals surface area contributed by atoms with E-state index in [0.717, 1.165) is 6.07 Å². The zero-order chi connectivity index (χ0) is 21.9. The summed E-state index contributed by atoms with van der Waals surface area (Å²) < 4.78 is 33.6. The number of nitro groups is 1. The van der Waals surface area contributed by atoms with E-state index in [1.807, 2.05) is 6.07 Å². The first-order chi connectivity index (χ1) is 14.2. The zero-order valence-corrected chi connectivity index (χ0v) is 16.8. The van der Waals surface area contributed by atoms with Gasteiger partial charge < -0.3 is 4.74 Å². The number of anilines is 1. The van der Waals surface area contributed by atoms with Crippen LogP contribution in [0.4, 0.5) is 11.4 Å². The first-order valence-corrected chi connectivity index (χ1v) is 10.1. The van der Waals surface area contributed by atoms with Gasteiger partial charge in [0.2, 0.25) is 5.88 Å². The zero-order valence-electron chi connectivity index (χ0n) is 16.0. The van der Waals surface area contributed by atoms with Gasteiger partial charge in [-0.05, 0) is 61.4 Å². The minimum Gasteiger partial charge on any atom is -0.438 e.